The molecule has 0 aliphatic rings. The number of aromatic nitrogens is 2. The van der Waals surface area contributed by atoms with Gasteiger partial charge in [-0.3, -0.25) is 0 Å². The lowest BCUT2D eigenvalue weighted by Crippen LogP contribution is -1.99. The van der Waals surface area contributed by atoms with Crippen molar-refractivity contribution in [1.29, 1.82) is 0 Å². The fraction of sp³-hybridized carbons (Fsp3) is 0.0909. The Kier molecular flexibility index (Phi) is 3.98. The molecule has 0 saturated carbocycles. The highest BCUT2D eigenvalue weighted by molar-refractivity contribution is 6.28. The van der Waals surface area contributed by atoms with Gasteiger partial charge in [-0.05, 0) is 47.3 Å². The summed E-state index contributed by atoms with van der Waals surface area (Å²) in [6, 6.07) is 22.9. The maximum Gasteiger partial charge on any atom is 0.223 e. The van der Waals surface area contributed by atoms with Crippen LogP contribution in [-0.2, 0) is 0 Å². The first-order chi connectivity index (χ1) is 12.1. The molecule has 1 aromatic heterocycles. The van der Waals surface area contributed by atoms with Crippen LogP contribution >= 0.6 is 11.6 Å². The Labute approximate surface area is 152 Å². The zero-order valence-electron chi connectivity index (χ0n) is 14.1. The maximum atomic E-state index is 6.23. The summed E-state index contributed by atoms with van der Waals surface area (Å²) in [5.74, 6) is 0. The summed E-state index contributed by atoms with van der Waals surface area (Å²) in [6.45, 7) is 4.10. The van der Waals surface area contributed by atoms with Crippen molar-refractivity contribution in [1.82, 2.24) is 9.97 Å². The highest BCUT2D eigenvalue weighted by Gasteiger charge is 2.17. The van der Waals surface area contributed by atoms with E-state index >= 15 is 0 Å². The lowest BCUT2D eigenvalue weighted by molar-refractivity contribution is 1.11. The molecule has 0 unspecified atom stereocenters. The molecule has 2 nitrogen and oxygen atoms in total. The van der Waals surface area contributed by atoms with Gasteiger partial charge in [-0.1, -0.05) is 66.7 Å². The summed E-state index contributed by atoms with van der Waals surface area (Å²) in [5, 5.41) is 2.62. The van der Waals surface area contributed by atoms with E-state index in [4.69, 9.17) is 11.6 Å². The van der Waals surface area contributed by atoms with Crippen molar-refractivity contribution in [2.24, 2.45) is 0 Å². The smallest absolute Gasteiger partial charge is 0.223 e. The fourth-order valence-electron chi connectivity index (χ4n) is 3.34. The second-order valence-electron chi connectivity index (χ2n) is 6.14. The molecule has 0 aliphatic carbocycles. The van der Waals surface area contributed by atoms with E-state index in [1.807, 2.05) is 25.1 Å². The molecular formula is C22H17ClN2. The van der Waals surface area contributed by atoms with Crippen molar-refractivity contribution in [2.75, 3.05) is 0 Å². The number of hydrogen-bond acceptors (Lipinski definition) is 2. The molecular weight excluding hydrogens is 328 g/mol. The van der Waals surface area contributed by atoms with Gasteiger partial charge in [0.1, 0.15) is 0 Å². The summed E-state index contributed by atoms with van der Waals surface area (Å²) in [6.07, 6.45) is 0. The summed E-state index contributed by atoms with van der Waals surface area (Å²) in [5.41, 5.74) is 6.21. The minimum atomic E-state index is 0.276. The van der Waals surface area contributed by atoms with Crippen molar-refractivity contribution in [3.63, 3.8) is 0 Å². The van der Waals surface area contributed by atoms with E-state index < -0.39 is 0 Å². The van der Waals surface area contributed by atoms with Gasteiger partial charge in [-0.25, -0.2) is 9.97 Å². The Morgan fingerprint density at radius 1 is 0.720 bits per heavy atom. The SMILES string of the molecule is Cc1ccccc1-c1c(C)nc(Cl)nc1-c1cccc2ccccc12. The van der Waals surface area contributed by atoms with Crippen LogP contribution in [0.2, 0.25) is 5.28 Å². The molecule has 0 aliphatic heterocycles. The molecule has 0 atom stereocenters. The van der Waals surface area contributed by atoms with Crippen LogP contribution in [0.25, 0.3) is 33.2 Å². The molecule has 0 amide bonds. The molecule has 122 valence electrons. The fourth-order valence-corrected chi connectivity index (χ4v) is 3.55. The van der Waals surface area contributed by atoms with E-state index in [-0.39, 0.29) is 5.28 Å². The third kappa shape index (κ3) is 2.79. The first-order valence-corrected chi connectivity index (χ1v) is 8.61. The number of aryl methyl sites for hydroxylation is 2. The van der Waals surface area contributed by atoms with Gasteiger partial charge in [0.2, 0.25) is 5.28 Å². The predicted molar refractivity (Wildman–Crippen MR) is 105 cm³/mol. The lowest BCUT2D eigenvalue weighted by atomic mass is 9.92. The number of hydrogen-bond donors (Lipinski definition) is 0. The van der Waals surface area contributed by atoms with Gasteiger partial charge in [0, 0.05) is 11.1 Å². The van der Waals surface area contributed by atoms with Gasteiger partial charge in [0.05, 0.1) is 11.4 Å². The quantitative estimate of drug-likeness (QED) is 0.402. The number of rotatable bonds is 2. The molecule has 0 fully saturated rings. The minimum absolute atomic E-state index is 0.276. The van der Waals surface area contributed by atoms with Crippen LogP contribution in [0.5, 0.6) is 0 Å². The van der Waals surface area contributed by atoms with Crippen LogP contribution in [0.4, 0.5) is 0 Å². The zero-order valence-corrected chi connectivity index (χ0v) is 14.9. The molecule has 3 heteroatoms. The topological polar surface area (TPSA) is 25.8 Å². The lowest BCUT2D eigenvalue weighted by Gasteiger charge is -2.15. The van der Waals surface area contributed by atoms with E-state index in [1.54, 1.807) is 0 Å². The molecule has 0 saturated heterocycles. The first-order valence-electron chi connectivity index (χ1n) is 8.23. The number of halogens is 1. The van der Waals surface area contributed by atoms with Gasteiger partial charge < -0.3 is 0 Å². The van der Waals surface area contributed by atoms with Gasteiger partial charge in [-0.2, -0.15) is 0 Å². The zero-order chi connectivity index (χ0) is 17.4. The average molecular weight is 345 g/mol. The molecule has 4 rings (SSSR count). The van der Waals surface area contributed by atoms with Gasteiger partial charge in [-0.15, -0.1) is 0 Å². The molecule has 0 radical (unpaired) electrons. The summed E-state index contributed by atoms with van der Waals surface area (Å²) < 4.78 is 0. The normalized spacial score (nSPS) is 11.0. The van der Waals surface area contributed by atoms with E-state index in [1.165, 1.54) is 10.9 Å². The summed E-state index contributed by atoms with van der Waals surface area (Å²) in [4.78, 5) is 9.04. The second kappa shape index (κ2) is 6.30. The van der Waals surface area contributed by atoms with Crippen LogP contribution in [0.15, 0.2) is 66.7 Å². The standard InChI is InChI=1S/C22H17ClN2/c1-14-8-3-5-11-17(14)20-15(2)24-22(23)25-21(20)19-13-7-10-16-9-4-6-12-18(16)19/h3-13H,1-2H3. The van der Waals surface area contributed by atoms with Crippen LogP contribution in [0, 0.1) is 13.8 Å². The average Bonchev–Trinajstić information content (AvgIpc) is 2.62. The number of fused-ring (bicyclic) bond motifs is 1. The first kappa shape index (κ1) is 15.8. The van der Waals surface area contributed by atoms with Crippen LogP contribution in [0.1, 0.15) is 11.3 Å². The largest absolute Gasteiger partial charge is 0.223 e. The Morgan fingerprint density at radius 2 is 1.40 bits per heavy atom. The van der Waals surface area contributed by atoms with Crippen molar-refractivity contribution in [3.05, 3.63) is 83.3 Å². The van der Waals surface area contributed by atoms with Gasteiger partial charge in [0.15, 0.2) is 0 Å². The van der Waals surface area contributed by atoms with Crippen molar-refractivity contribution in [3.8, 4) is 22.4 Å². The second-order valence-corrected chi connectivity index (χ2v) is 6.48. The molecule has 1 heterocycles. The van der Waals surface area contributed by atoms with Crippen LogP contribution < -0.4 is 0 Å². The molecule has 0 N–H and O–H groups in total. The van der Waals surface area contributed by atoms with E-state index in [9.17, 15) is 0 Å². The van der Waals surface area contributed by atoms with E-state index in [0.717, 1.165) is 33.5 Å². The van der Waals surface area contributed by atoms with Crippen molar-refractivity contribution >= 4 is 22.4 Å². The molecule has 4 aromatic rings. The Hall–Kier alpha value is -2.71. The van der Waals surface area contributed by atoms with Crippen molar-refractivity contribution < 1.29 is 0 Å². The number of benzene rings is 3. The third-order valence-electron chi connectivity index (χ3n) is 4.52. The Bertz CT molecular complexity index is 1080. The summed E-state index contributed by atoms with van der Waals surface area (Å²) in [7, 11) is 0. The van der Waals surface area contributed by atoms with Gasteiger partial charge >= 0.3 is 0 Å². The molecule has 0 bridgehead atoms. The maximum absolute atomic E-state index is 6.23. The molecule has 0 spiro atoms. The van der Waals surface area contributed by atoms with Crippen LogP contribution in [-0.4, -0.2) is 9.97 Å². The van der Waals surface area contributed by atoms with E-state index in [2.05, 4.69) is 65.4 Å². The van der Waals surface area contributed by atoms with Crippen LogP contribution in [0.3, 0.4) is 0 Å². The Morgan fingerprint density at radius 3 is 2.24 bits per heavy atom. The third-order valence-corrected chi connectivity index (χ3v) is 4.69. The van der Waals surface area contributed by atoms with E-state index in [0.29, 0.717) is 0 Å². The highest BCUT2D eigenvalue weighted by Crippen LogP contribution is 2.38. The molecule has 3 aromatic carbocycles. The highest BCUT2D eigenvalue weighted by atomic mass is 35.5. The monoisotopic (exact) mass is 344 g/mol. The number of nitrogens with zero attached hydrogens (tertiary/aromatic N) is 2. The minimum Gasteiger partial charge on any atom is -0.223 e. The molecule has 25 heavy (non-hydrogen) atoms. The predicted octanol–water partition coefficient (Wildman–Crippen LogP) is 6.23. The van der Waals surface area contributed by atoms with Crippen molar-refractivity contribution in [2.45, 2.75) is 13.8 Å². The van der Waals surface area contributed by atoms with Gasteiger partial charge in [0.25, 0.3) is 0 Å². The summed E-state index contributed by atoms with van der Waals surface area (Å²) >= 11 is 6.23. The Balaban J connectivity index is 2.10.